The first-order valence-corrected chi connectivity index (χ1v) is 11.8. The van der Waals surface area contributed by atoms with Crippen molar-refractivity contribution < 1.29 is 19.0 Å². The Morgan fingerprint density at radius 1 is 0.886 bits per heavy atom. The lowest BCUT2D eigenvalue weighted by Crippen LogP contribution is -2.28. The molecule has 182 valence electrons. The normalized spacial score (nSPS) is 11.7. The number of aromatic nitrogens is 2. The van der Waals surface area contributed by atoms with Crippen LogP contribution in [0.3, 0.4) is 0 Å². The Hall–Kier alpha value is -4.00. The number of rotatable bonds is 11. The Kier molecular flexibility index (Phi) is 7.88. The highest BCUT2D eigenvalue weighted by atomic mass is 16.5. The summed E-state index contributed by atoms with van der Waals surface area (Å²) in [6.45, 7) is 3.37. The molecular weight excluding hydrogens is 442 g/mol. The number of ether oxygens (including phenoxy) is 3. The van der Waals surface area contributed by atoms with Crippen LogP contribution in [-0.4, -0.2) is 36.3 Å². The van der Waals surface area contributed by atoms with Gasteiger partial charge in [-0.15, -0.1) is 0 Å². The fraction of sp³-hybridized carbons (Fsp3) is 0.286. The molecule has 1 atom stereocenters. The average molecular weight is 474 g/mol. The molecule has 0 fully saturated rings. The van der Waals surface area contributed by atoms with Gasteiger partial charge in [-0.25, -0.2) is 4.98 Å². The third kappa shape index (κ3) is 5.93. The van der Waals surface area contributed by atoms with Crippen molar-refractivity contribution >= 4 is 16.9 Å². The molecule has 1 unspecified atom stereocenters. The smallest absolute Gasteiger partial charge is 0.251 e. The summed E-state index contributed by atoms with van der Waals surface area (Å²) >= 11 is 0. The number of amides is 1. The molecule has 4 rings (SSSR count). The maximum atomic E-state index is 12.8. The lowest BCUT2D eigenvalue weighted by molar-refractivity contribution is 0.0937. The van der Waals surface area contributed by atoms with Crippen molar-refractivity contribution in [3.05, 3.63) is 84.2 Å². The molecule has 0 spiro atoms. The van der Waals surface area contributed by atoms with Crippen molar-refractivity contribution in [1.82, 2.24) is 14.9 Å². The lowest BCUT2D eigenvalue weighted by atomic mass is 10.2. The van der Waals surface area contributed by atoms with Crippen molar-refractivity contribution in [2.45, 2.75) is 32.4 Å². The van der Waals surface area contributed by atoms with Crippen molar-refractivity contribution in [1.29, 1.82) is 0 Å². The van der Waals surface area contributed by atoms with Gasteiger partial charge in [0.05, 0.1) is 37.9 Å². The molecule has 4 aromatic rings. The van der Waals surface area contributed by atoms with Crippen LogP contribution in [0, 0.1) is 0 Å². The van der Waals surface area contributed by atoms with E-state index in [4.69, 9.17) is 19.2 Å². The fourth-order valence-corrected chi connectivity index (χ4v) is 3.98. The van der Waals surface area contributed by atoms with Gasteiger partial charge >= 0.3 is 0 Å². The van der Waals surface area contributed by atoms with E-state index in [1.807, 2.05) is 49.4 Å². The Balaban J connectivity index is 1.39. The number of methoxy groups -OCH3 is 2. The fourth-order valence-electron chi connectivity index (χ4n) is 3.98. The predicted octanol–water partition coefficient (Wildman–Crippen LogP) is 5.40. The number of carbonyl (C=O) groups excluding carboxylic acids is 1. The SMILES string of the molecule is COc1ccc(OCCCCn2c(C(C)NC(=O)c3ccc(OC)cc3)nc3ccccc32)cc1. The second-order valence-corrected chi connectivity index (χ2v) is 8.27. The van der Waals surface area contributed by atoms with Crippen LogP contribution >= 0.6 is 0 Å². The highest BCUT2D eigenvalue weighted by molar-refractivity contribution is 5.94. The van der Waals surface area contributed by atoms with Crippen LogP contribution in [0.25, 0.3) is 11.0 Å². The first kappa shape index (κ1) is 24.1. The molecule has 7 heteroatoms. The number of nitrogens with one attached hydrogen (secondary N) is 1. The van der Waals surface area contributed by atoms with Crippen LogP contribution in [0.15, 0.2) is 72.8 Å². The van der Waals surface area contributed by atoms with Crippen molar-refractivity contribution in [3.8, 4) is 17.2 Å². The van der Waals surface area contributed by atoms with Crippen molar-refractivity contribution in [3.63, 3.8) is 0 Å². The van der Waals surface area contributed by atoms with E-state index >= 15 is 0 Å². The van der Waals surface area contributed by atoms with E-state index in [1.165, 1.54) is 0 Å². The molecule has 1 amide bonds. The Labute approximate surface area is 205 Å². The van der Waals surface area contributed by atoms with Gasteiger partial charge in [0.1, 0.15) is 23.1 Å². The van der Waals surface area contributed by atoms with Crippen molar-refractivity contribution in [2.75, 3.05) is 20.8 Å². The van der Waals surface area contributed by atoms with Gasteiger partial charge in [0.2, 0.25) is 0 Å². The third-order valence-electron chi connectivity index (χ3n) is 5.88. The van der Waals surface area contributed by atoms with Crippen LogP contribution in [-0.2, 0) is 6.54 Å². The standard InChI is InChI=1S/C28H31N3O4/c1-20(29-28(32)21-10-12-22(33-2)13-11-21)27-30-25-8-4-5-9-26(25)31(27)18-6-7-19-35-24-16-14-23(34-3)15-17-24/h4-5,8-17,20H,6-7,18-19H2,1-3H3,(H,29,32). The molecule has 3 aromatic carbocycles. The van der Waals surface area contributed by atoms with Gasteiger partial charge in [0.25, 0.3) is 5.91 Å². The molecule has 1 N–H and O–H groups in total. The number of aryl methyl sites for hydroxylation is 1. The number of para-hydroxylation sites is 2. The molecule has 1 heterocycles. The Morgan fingerprint density at radius 3 is 2.20 bits per heavy atom. The summed E-state index contributed by atoms with van der Waals surface area (Å²) in [5.41, 5.74) is 2.56. The van der Waals surface area contributed by atoms with E-state index in [0.29, 0.717) is 17.9 Å². The van der Waals surface area contributed by atoms with Crippen LogP contribution in [0.5, 0.6) is 17.2 Å². The van der Waals surface area contributed by atoms with Gasteiger partial charge in [-0.05, 0) is 80.4 Å². The maximum Gasteiger partial charge on any atom is 0.251 e. The van der Waals surface area contributed by atoms with Gasteiger partial charge in [-0.2, -0.15) is 0 Å². The predicted molar refractivity (Wildman–Crippen MR) is 136 cm³/mol. The number of benzene rings is 3. The first-order chi connectivity index (χ1) is 17.1. The van der Waals surface area contributed by atoms with Gasteiger partial charge in [-0.1, -0.05) is 12.1 Å². The second-order valence-electron chi connectivity index (χ2n) is 8.27. The van der Waals surface area contributed by atoms with Crippen LogP contribution in [0.2, 0.25) is 0 Å². The quantitative estimate of drug-likeness (QED) is 0.295. The summed E-state index contributed by atoms with van der Waals surface area (Å²) in [7, 11) is 3.25. The minimum Gasteiger partial charge on any atom is -0.497 e. The highest BCUT2D eigenvalue weighted by Gasteiger charge is 2.19. The third-order valence-corrected chi connectivity index (χ3v) is 5.88. The largest absolute Gasteiger partial charge is 0.497 e. The minimum atomic E-state index is -0.257. The van der Waals surface area contributed by atoms with E-state index in [-0.39, 0.29) is 11.9 Å². The topological polar surface area (TPSA) is 74.6 Å². The van der Waals surface area contributed by atoms with Crippen LogP contribution in [0.4, 0.5) is 0 Å². The summed E-state index contributed by atoms with van der Waals surface area (Å²) in [5, 5.41) is 3.09. The molecule has 0 bridgehead atoms. The molecular formula is C28H31N3O4. The zero-order valence-electron chi connectivity index (χ0n) is 20.4. The molecule has 0 aliphatic rings. The van der Waals surface area contributed by atoms with Gasteiger partial charge < -0.3 is 24.1 Å². The number of hydrogen-bond donors (Lipinski definition) is 1. The maximum absolute atomic E-state index is 12.8. The van der Waals surface area contributed by atoms with Crippen LogP contribution in [0.1, 0.15) is 42.0 Å². The summed E-state index contributed by atoms with van der Waals surface area (Å²) in [6.07, 6.45) is 1.81. The molecule has 0 saturated heterocycles. The van der Waals surface area contributed by atoms with E-state index in [2.05, 4.69) is 16.0 Å². The summed E-state index contributed by atoms with van der Waals surface area (Å²) < 4.78 is 18.4. The van der Waals surface area contributed by atoms with E-state index in [1.54, 1.807) is 38.5 Å². The number of unbranched alkanes of at least 4 members (excludes halogenated alkanes) is 1. The zero-order valence-corrected chi connectivity index (χ0v) is 20.4. The molecule has 0 aliphatic heterocycles. The molecule has 35 heavy (non-hydrogen) atoms. The Bertz CT molecular complexity index is 1250. The van der Waals surface area contributed by atoms with Gasteiger partial charge in [-0.3, -0.25) is 4.79 Å². The van der Waals surface area contributed by atoms with Gasteiger partial charge in [0.15, 0.2) is 0 Å². The van der Waals surface area contributed by atoms with Gasteiger partial charge in [0, 0.05) is 12.1 Å². The molecule has 1 aromatic heterocycles. The number of nitrogens with zero attached hydrogens (tertiary/aromatic N) is 2. The summed E-state index contributed by atoms with van der Waals surface area (Å²) in [6, 6.07) is 22.5. The van der Waals surface area contributed by atoms with Crippen molar-refractivity contribution in [2.24, 2.45) is 0 Å². The van der Waals surface area contributed by atoms with E-state index < -0.39 is 0 Å². The van der Waals surface area contributed by atoms with E-state index in [0.717, 1.165) is 47.7 Å². The highest BCUT2D eigenvalue weighted by Crippen LogP contribution is 2.23. The summed E-state index contributed by atoms with van der Waals surface area (Å²) in [5.74, 6) is 3.04. The summed E-state index contributed by atoms with van der Waals surface area (Å²) in [4.78, 5) is 17.7. The lowest BCUT2D eigenvalue weighted by Gasteiger charge is -2.17. The first-order valence-electron chi connectivity index (χ1n) is 11.8. The monoisotopic (exact) mass is 473 g/mol. The van der Waals surface area contributed by atoms with Crippen LogP contribution < -0.4 is 19.5 Å². The molecule has 0 aliphatic carbocycles. The zero-order chi connectivity index (χ0) is 24.6. The number of imidazole rings is 1. The van der Waals surface area contributed by atoms with E-state index in [9.17, 15) is 4.79 Å². The molecule has 7 nitrogen and oxygen atoms in total. The Morgan fingerprint density at radius 2 is 1.51 bits per heavy atom. The minimum absolute atomic E-state index is 0.147. The molecule has 0 radical (unpaired) electrons. The number of hydrogen-bond acceptors (Lipinski definition) is 5. The average Bonchev–Trinajstić information content (AvgIpc) is 3.27. The second kappa shape index (κ2) is 11.4. The number of fused-ring (bicyclic) bond motifs is 1. The number of carbonyl (C=O) groups is 1. The molecule has 0 saturated carbocycles.